The molecule has 2 aliphatic heterocycles. The van der Waals surface area contributed by atoms with Crippen molar-refractivity contribution in [2.75, 3.05) is 32.8 Å². The number of hydrogen-bond acceptors (Lipinski definition) is 3. The van der Waals surface area contributed by atoms with Crippen LogP contribution in [0.3, 0.4) is 0 Å². The molecular formula is C20H28N2O3. The van der Waals surface area contributed by atoms with Gasteiger partial charge in [0, 0.05) is 32.1 Å². The summed E-state index contributed by atoms with van der Waals surface area (Å²) in [7, 11) is 0. The van der Waals surface area contributed by atoms with Crippen molar-refractivity contribution in [3.05, 3.63) is 29.8 Å². The summed E-state index contributed by atoms with van der Waals surface area (Å²) in [5, 5.41) is 0. The Kier molecular flexibility index (Phi) is 5.95. The van der Waals surface area contributed by atoms with Gasteiger partial charge in [0.05, 0.1) is 0 Å². The van der Waals surface area contributed by atoms with E-state index in [1.807, 2.05) is 41.0 Å². The van der Waals surface area contributed by atoms with E-state index in [1.165, 1.54) is 6.42 Å². The molecule has 0 unspecified atom stereocenters. The topological polar surface area (TPSA) is 49.9 Å². The number of hydrogen-bond donors (Lipinski definition) is 0. The maximum atomic E-state index is 12.6. The molecule has 0 N–H and O–H groups in total. The Morgan fingerprint density at radius 2 is 1.76 bits per heavy atom. The average molecular weight is 344 g/mol. The molecule has 3 rings (SSSR count). The molecule has 2 amide bonds. The van der Waals surface area contributed by atoms with Crippen LogP contribution < -0.4 is 4.74 Å². The van der Waals surface area contributed by atoms with E-state index in [1.54, 1.807) is 0 Å². The van der Waals surface area contributed by atoms with Gasteiger partial charge in [-0.25, -0.2) is 0 Å². The van der Waals surface area contributed by atoms with Gasteiger partial charge >= 0.3 is 0 Å². The van der Waals surface area contributed by atoms with Gasteiger partial charge in [0.15, 0.2) is 6.61 Å². The van der Waals surface area contributed by atoms with Crippen LogP contribution >= 0.6 is 0 Å². The number of benzene rings is 1. The third-order valence-corrected chi connectivity index (χ3v) is 5.22. The minimum absolute atomic E-state index is 0.00498. The second-order valence-electron chi connectivity index (χ2n) is 7.15. The van der Waals surface area contributed by atoms with Crippen molar-refractivity contribution in [1.82, 2.24) is 9.80 Å². The smallest absolute Gasteiger partial charge is 0.260 e. The summed E-state index contributed by atoms with van der Waals surface area (Å²) in [6, 6.07) is 7.71. The fraction of sp³-hybridized carbons (Fsp3) is 0.600. The van der Waals surface area contributed by atoms with Gasteiger partial charge < -0.3 is 14.5 Å². The Morgan fingerprint density at radius 3 is 2.44 bits per heavy atom. The van der Waals surface area contributed by atoms with E-state index in [-0.39, 0.29) is 18.4 Å². The van der Waals surface area contributed by atoms with E-state index in [0.717, 1.165) is 50.1 Å². The molecule has 0 radical (unpaired) electrons. The maximum Gasteiger partial charge on any atom is 0.260 e. The molecule has 5 nitrogen and oxygen atoms in total. The van der Waals surface area contributed by atoms with Gasteiger partial charge in [0.25, 0.3) is 5.91 Å². The van der Waals surface area contributed by atoms with Crippen molar-refractivity contribution in [2.24, 2.45) is 5.92 Å². The molecule has 5 heteroatoms. The van der Waals surface area contributed by atoms with Crippen LogP contribution in [0.2, 0.25) is 0 Å². The lowest BCUT2D eigenvalue weighted by Gasteiger charge is -2.35. The number of ether oxygens (including phenoxy) is 1. The molecule has 1 aromatic carbocycles. The normalized spacial score (nSPS) is 18.9. The molecule has 0 aliphatic carbocycles. The molecule has 25 heavy (non-hydrogen) atoms. The van der Waals surface area contributed by atoms with E-state index in [4.69, 9.17) is 4.74 Å². The standard InChI is InChI=1S/C20H28N2O3/c1-16-6-5-7-18(14-16)25-15-19(23)21-12-8-17(9-13-21)20(24)22-10-3-2-4-11-22/h5-7,14,17H,2-4,8-13,15H2,1H3. The highest BCUT2D eigenvalue weighted by Crippen LogP contribution is 2.22. The maximum absolute atomic E-state index is 12.6. The Morgan fingerprint density at radius 1 is 1.04 bits per heavy atom. The Balaban J connectivity index is 1.43. The first kappa shape index (κ1) is 17.8. The third kappa shape index (κ3) is 4.74. The summed E-state index contributed by atoms with van der Waals surface area (Å²) < 4.78 is 5.60. The van der Waals surface area contributed by atoms with Gasteiger partial charge in [0.2, 0.25) is 5.91 Å². The zero-order chi connectivity index (χ0) is 17.6. The Hall–Kier alpha value is -2.04. The number of piperidine rings is 2. The number of rotatable bonds is 4. The van der Waals surface area contributed by atoms with Crippen LogP contribution in [0.15, 0.2) is 24.3 Å². The summed E-state index contributed by atoms with van der Waals surface area (Å²) in [5.41, 5.74) is 1.11. The van der Waals surface area contributed by atoms with Gasteiger partial charge in [0.1, 0.15) is 5.75 Å². The minimum atomic E-state index is 0.00498. The fourth-order valence-electron chi connectivity index (χ4n) is 3.69. The van der Waals surface area contributed by atoms with Crippen molar-refractivity contribution in [3.63, 3.8) is 0 Å². The number of amides is 2. The van der Waals surface area contributed by atoms with Crippen molar-refractivity contribution >= 4 is 11.8 Å². The molecule has 1 aromatic rings. The highest BCUT2D eigenvalue weighted by atomic mass is 16.5. The minimum Gasteiger partial charge on any atom is -0.484 e. The lowest BCUT2D eigenvalue weighted by Crippen LogP contribution is -2.46. The zero-order valence-electron chi connectivity index (χ0n) is 15.1. The van der Waals surface area contributed by atoms with Gasteiger partial charge in [-0.1, -0.05) is 12.1 Å². The van der Waals surface area contributed by atoms with Crippen LogP contribution in [0.25, 0.3) is 0 Å². The Labute approximate surface area is 149 Å². The average Bonchev–Trinajstić information content (AvgIpc) is 2.66. The van der Waals surface area contributed by atoms with Gasteiger partial charge in [-0.3, -0.25) is 9.59 Å². The third-order valence-electron chi connectivity index (χ3n) is 5.22. The first-order valence-electron chi connectivity index (χ1n) is 9.39. The van der Waals surface area contributed by atoms with Crippen LogP contribution in [-0.2, 0) is 9.59 Å². The van der Waals surface area contributed by atoms with Gasteiger partial charge in [-0.2, -0.15) is 0 Å². The molecule has 0 bridgehead atoms. The highest BCUT2D eigenvalue weighted by Gasteiger charge is 2.30. The van der Waals surface area contributed by atoms with Gasteiger partial charge in [-0.15, -0.1) is 0 Å². The lowest BCUT2D eigenvalue weighted by atomic mass is 9.94. The molecule has 0 spiro atoms. The van der Waals surface area contributed by atoms with E-state index < -0.39 is 0 Å². The molecule has 2 fully saturated rings. The predicted octanol–water partition coefficient (Wildman–Crippen LogP) is 2.62. The van der Waals surface area contributed by atoms with Crippen LogP contribution in [0.1, 0.15) is 37.7 Å². The fourth-order valence-corrected chi connectivity index (χ4v) is 3.69. The van der Waals surface area contributed by atoms with E-state index >= 15 is 0 Å². The summed E-state index contributed by atoms with van der Waals surface area (Å²) in [4.78, 5) is 28.8. The largest absolute Gasteiger partial charge is 0.484 e. The molecular weight excluding hydrogens is 316 g/mol. The van der Waals surface area contributed by atoms with E-state index in [9.17, 15) is 9.59 Å². The summed E-state index contributed by atoms with van der Waals surface area (Å²) in [6.45, 7) is 5.18. The van der Waals surface area contributed by atoms with Crippen molar-refractivity contribution < 1.29 is 14.3 Å². The zero-order valence-corrected chi connectivity index (χ0v) is 15.1. The first-order valence-corrected chi connectivity index (χ1v) is 9.39. The van der Waals surface area contributed by atoms with E-state index in [2.05, 4.69) is 0 Å². The molecule has 0 atom stereocenters. The Bertz CT molecular complexity index is 603. The second kappa shape index (κ2) is 8.37. The number of carbonyl (C=O) groups excluding carboxylic acids is 2. The van der Waals surface area contributed by atoms with Crippen molar-refractivity contribution in [1.29, 1.82) is 0 Å². The number of nitrogens with zero attached hydrogens (tertiary/aromatic N) is 2. The summed E-state index contributed by atoms with van der Waals surface area (Å²) in [5.74, 6) is 1.11. The quantitative estimate of drug-likeness (QED) is 0.844. The van der Waals surface area contributed by atoms with Crippen molar-refractivity contribution in [3.8, 4) is 5.75 Å². The van der Waals surface area contributed by atoms with Crippen LogP contribution in [-0.4, -0.2) is 54.4 Å². The molecule has 136 valence electrons. The molecule has 0 aromatic heterocycles. The highest BCUT2D eigenvalue weighted by molar-refractivity contribution is 5.80. The summed E-state index contributed by atoms with van der Waals surface area (Å²) in [6.07, 6.45) is 5.02. The van der Waals surface area contributed by atoms with Crippen LogP contribution in [0.4, 0.5) is 0 Å². The number of likely N-dealkylation sites (tertiary alicyclic amines) is 2. The monoisotopic (exact) mass is 344 g/mol. The molecule has 2 heterocycles. The SMILES string of the molecule is Cc1cccc(OCC(=O)N2CCC(C(=O)N3CCCCC3)CC2)c1. The first-order chi connectivity index (χ1) is 12.1. The van der Waals surface area contributed by atoms with Crippen LogP contribution in [0, 0.1) is 12.8 Å². The molecule has 0 saturated carbocycles. The van der Waals surface area contributed by atoms with E-state index in [0.29, 0.717) is 19.0 Å². The molecule has 2 aliphatic rings. The van der Waals surface area contributed by atoms with Gasteiger partial charge in [-0.05, 0) is 56.7 Å². The second-order valence-corrected chi connectivity index (χ2v) is 7.15. The molecule has 2 saturated heterocycles. The number of carbonyl (C=O) groups is 2. The van der Waals surface area contributed by atoms with Crippen LogP contribution in [0.5, 0.6) is 5.75 Å². The lowest BCUT2D eigenvalue weighted by molar-refractivity contribution is -0.142. The number of aryl methyl sites for hydroxylation is 1. The predicted molar refractivity (Wildman–Crippen MR) is 96.4 cm³/mol. The van der Waals surface area contributed by atoms with Crippen molar-refractivity contribution in [2.45, 2.75) is 39.0 Å². The summed E-state index contributed by atoms with van der Waals surface area (Å²) >= 11 is 0.